The summed E-state index contributed by atoms with van der Waals surface area (Å²) in [5.74, 6) is 1.46. The Bertz CT molecular complexity index is 1260. The van der Waals surface area contributed by atoms with Gasteiger partial charge in [-0.25, -0.2) is 0 Å². The number of ether oxygens (including phenoxy) is 1. The van der Waals surface area contributed by atoms with Crippen molar-refractivity contribution in [2.45, 2.75) is 145 Å². The summed E-state index contributed by atoms with van der Waals surface area (Å²) in [6.45, 7) is 23.1. The molecule has 5 saturated carbocycles. The molecule has 5 rings (SSSR count). The number of allylic oxidation sites excluding steroid dienone is 1. The first-order chi connectivity index (χ1) is 21.8. The highest BCUT2D eigenvalue weighted by Crippen LogP contribution is 2.78. The van der Waals surface area contributed by atoms with E-state index in [0.29, 0.717) is 42.6 Å². The lowest BCUT2D eigenvalue weighted by Crippen LogP contribution is -2.67. The number of fused-ring (bicyclic) bond motifs is 7. The Hall–Kier alpha value is -1.89. The van der Waals surface area contributed by atoms with Gasteiger partial charge in [0.2, 0.25) is 5.91 Å². The summed E-state index contributed by atoms with van der Waals surface area (Å²) in [6.07, 6.45) is 11.5. The quantitative estimate of drug-likeness (QED) is 0.163. The van der Waals surface area contributed by atoms with Crippen molar-refractivity contribution in [3.05, 3.63) is 12.2 Å². The van der Waals surface area contributed by atoms with E-state index in [1.807, 2.05) is 13.8 Å². The number of carbonyl (C=O) groups is 3. The SMILES string of the molecule is C=C(C)[C@@H]1CC[C@]2(CC(=O)NCCO)CC[C@]3(C)[C@H](CCC4[C@@]5(C)CC[C@H](OC(=O)CC(C)(C)CC(=O)O)C(C)(C)C5CC[C@]43C)C12. The molecule has 0 bridgehead atoms. The first kappa shape index (κ1) is 36.4. The van der Waals surface area contributed by atoms with E-state index in [1.54, 1.807) is 0 Å². The number of hydrogen-bond acceptors (Lipinski definition) is 5. The molecule has 0 saturated heterocycles. The van der Waals surface area contributed by atoms with Crippen molar-refractivity contribution >= 4 is 17.8 Å². The molecule has 0 heterocycles. The zero-order chi connectivity index (χ0) is 34.8. The number of aliphatic hydroxyl groups is 1. The maximum absolute atomic E-state index is 13.2. The minimum atomic E-state index is -0.888. The van der Waals surface area contributed by atoms with Crippen LogP contribution in [0.3, 0.4) is 0 Å². The fourth-order valence-electron chi connectivity index (χ4n) is 13.4. The van der Waals surface area contributed by atoms with Crippen LogP contribution in [-0.2, 0) is 19.1 Å². The zero-order valence-electron chi connectivity index (χ0n) is 30.8. The Morgan fingerprint density at radius 1 is 0.872 bits per heavy atom. The van der Waals surface area contributed by atoms with Crippen LogP contribution < -0.4 is 5.32 Å². The van der Waals surface area contributed by atoms with Crippen molar-refractivity contribution in [1.29, 1.82) is 0 Å². The molecule has 5 fully saturated rings. The third-order valence-corrected chi connectivity index (χ3v) is 15.7. The number of nitrogens with one attached hydrogen (secondary N) is 1. The monoisotopic (exact) mass is 655 g/mol. The van der Waals surface area contributed by atoms with Crippen molar-refractivity contribution in [2.24, 2.45) is 62.1 Å². The van der Waals surface area contributed by atoms with Gasteiger partial charge in [-0.05, 0) is 128 Å². The number of esters is 1. The maximum Gasteiger partial charge on any atom is 0.306 e. The topological polar surface area (TPSA) is 113 Å². The molecule has 0 radical (unpaired) electrons. The predicted molar refractivity (Wildman–Crippen MR) is 184 cm³/mol. The second-order valence-electron chi connectivity index (χ2n) is 19.0. The molecule has 5 aliphatic rings. The highest BCUT2D eigenvalue weighted by Gasteiger charge is 2.71. The lowest BCUT2D eigenvalue weighted by molar-refractivity contribution is -0.250. The molecule has 0 aromatic rings. The molecule has 0 aliphatic heterocycles. The van der Waals surface area contributed by atoms with Crippen LogP contribution >= 0.6 is 0 Å². The summed E-state index contributed by atoms with van der Waals surface area (Å²) in [6, 6.07) is 0. The van der Waals surface area contributed by atoms with Gasteiger partial charge in [0.1, 0.15) is 6.10 Å². The number of aliphatic hydroxyl groups excluding tert-OH is 1. The summed E-state index contributed by atoms with van der Waals surface area (Å²) in [5, 5.41) is 21.6. The second kappa shape index (κ2) is 12.5. The van der Waals surface area contributed by atoms with Crippen molar-refractivity contribution < 1.29 is 29.3 Å². The van der Waals surface area contributed by atoms with E-state index in [2.05, 4.69) is 53.4 Å². The Kier molecular flexibility index (Phi) is 9.65. The molecule has 7 heteroatoms. The van der Waals surface area contributed by atoms with Gasteiger partial charge in [0.15, 0.2) is 0 Å². The fraction of sp³-hybridized carbons (Fsp3) is 0.875. The van der Waals surface area contributed by atoms with Gasteiger partial charge in [0, 0.05) is 18.4 Å². The van der Waals surface area contributed by atoms with E-state index in [0.717, 1.165) is 44.9 Å². The Morgan fingerprint density at radius 2 is 1.57 bits per heavy atom. The number of rotatable bonds is 10. The smallest absolute Gasteiger partial charge is 0.306 e. The predicted octanol–water partition coefficient (Wildman–Crippen LogP) is 7.95. The molecule has 0 aromatic carbocycles. The number of hydrogen-bond donors (Lipinski definition) is 3. The van der Waals surface area contributed by atoms with E-state index in [-0.39, 0.29) is 64.5 Å². The van der Waals surface area contributed by atoms with Gasteiger partial charge >= 0.3 is 11.9 Å². The number of carboxylic acid groups (broad SMARTS) is 1. The molecule has 3 unspecified atom stereocenters. The third kappa shape index (κ3) is 6.01. The van der Waals surface area contributed by atoms with Crippen LogP contribution in [0, 0.1) is 62.1 Å². The fourth-order valence-corrected chi connectivity index (χ4v) is 13.4. The summed E-state index contributed by atoms with van der Waals surface area (Å²) in [7, 11) is 0. The van der Waals surface area contributed by atoms with Crippen molar-refractivity contribution in [1.82, 2.24) is 5.32 Å². The normalized spacial score (nSPS) is 42.2. The third-order valence-electron chi connectivity index (χ3n) is 15.7. The first-order valence-electron chi connectivity index (χ1n) is 18.7. The minimum absolute atomic E-state index is 0.0145. The zero-order valence-corrected chi connectivity index (χ0v) is 30.8. The molecule has 1 amide bonds. The maximum atomic E-state index is 13.2. The largest absolute Gasteiger partial charge is 0.481 e. The van der Waals surface area contributed by atoms with Crippen LogP contribution in [0.4, 0.5) is 0 Å². The van der Waals surface area contributed by atoms with Gasteiger partial charge in [-0.2, -0.15) is 0 Å². The highest BCUT2D eigenvalue weighted by molar-refractivity contribution is 5.77. The molecule has 7 nitrogen and oxygen atoms in total. The van der Waals surface area contributed by atoms with Gasteiger partial charge < -0.3 is 20.3 Å². The first-order valence-corrected chi connectivity index (χ1v) is 18.7. The Labute approximate surface area is 284 Å². The second-order valence-corrected chi connectivity index (χ2v) is 19.0. The Balaban J connectivity index is 1.39. The van der Waals surface area contributed by atoms with E-state index >= 15 is 0 Å². The number of amides is 1. The average Bonchev–Trinajstić information content (AvgIpc) is 3.32. The van der Waals surface area contributed by atoms with Crippen LogP contribution in [0.15, 0.2) is 12.2 Å². The molecule has 0 aromatic heterocycles. The van der Waals surface area contributed by atoms with E-state index in [9.17, 15) is 24.6 Å². The van der Waals surface area contributed by atoms with Gasteiger partial charge in [0.25, 0.3) is 0 Å². The molecule has 266 valence electrons. The molecule has 3 N–H and O–H groups in total. The van der Waals surface area contributed by atoms with Crippen molar-refractivity contribution in [3.8, 4) is 0 Å². The number of carboxylic acids is 1. The van der Waals surface area contributed by atoms with Gasteiger partial charge in [-0.1, -0.05) is 60.6 Å². The van der Waals surface area contributed by atoms with Crippen LogP contribution in [0.25, 0.3) is 0 Å². The molecular weight excluding hydrogens is 590 g/mol. The van der Waals surface area contributed by atoms with Crippen LogP contribution in [0.1, 0.15) is 139 Å². The van der Waals surface area contributed by atoms with Gasteiger partial charge in [0.05, 0.1) is 19.4 Å². The van der Waals surface area contributed by atoms with Crippen molar-refractivity contribution in [3.63, 3.8) is 0 Å². The average molecular weight is 656 g/mol. The molecule has 10 atom stereocenters. The van der Waals surface area contributed by atoms with Crippen LogP contribution in [0.5, 0.6) is 0 Å². The molecular formula is C40H65NO6. The highest BCUT2D eigenvalue weighted by atomic mass is 16.5. The molecule has 0 spiro atoms. The van der Waals surface area contributed by atoms with Crippen LogP contribution in [-0.4, -0.2) is 47.3 Å². The number of aliphatic carboxylic acids is 1. The summed E-state index contributed by atoms with van der Waals surface area (Å²) in [5.41, 5.74) is 1.01. The lowest BCUT2D eigenvalue weighted by Gasteiger charge is -2.73. The van der Waals surface area contributed by atoms with E-state index in [1.165, 1.54) is 24.8 Å². The molecule has 47 heavy (non-hydrogen) atoms. The lowest BCUT2D eigenvalue weighted by atomic mass is 9.32. The minimum Gasteiger partial charge on any atom is -0.481 e. The molecule has 5 aliphatic carbocycles. The van der Waals surface area contributed by atoms with E-state index in [4.69, 9.17) is 4.74 Å². The van der Waals surface area contributed by atoms with Gasteiger partial charge in [-0.3, -0.25) is 14.4 Å². The van der Waals surface area contributed by atoms with Crippen LogP contribution in [0.2, 0.25) is 0 Å². The summed E-state index contributed by atoms with van der Waals surface area (Å²) in [4.78, 5) is 37.7. The standard InChI is InChI=1S/C40H65NO6/c1-25(2)26-12-17-40(22-31(43)41-20-21-42)19-18-38(8)27(34(26)40)10-11-29-37(7)15-14-30(36(5,6)28(37)13-16-39(29,38)9)47-33(46)24-35(3,4)23-32(44)45/h26-30,34,42H,1,10-24H2,2-9H3,(H,41,43)(H,44,45)/t26-,27+,28?,29?,30-,34?,37-,38+,39+,40+/m0/s1. The van der Waals surface area contributed by atoms with Gasteiger partial charge in [-0.15, -0.1) is 0 Å². The van der Waals surface area contributed by atoms with Crippen molar-refractivity contribution in [2.75, 3.05) is 13.2 Å². The van der Waals surface area contributed by atoms with E-state index < -0.39 is 11.4 Å². The summed E-state index contributed by atoms with van der Waals surface area (Å²) >= 11 is 0. The number of carbonyl (C=O) groups excluding carboxylic acids is 2. The Morgan fingerprint density at radius 3 is 2.21 bits per heavy atom. The summed E-state index contributed by atoms with van der Waals surface area (Å²) < 4.78 is 6.25.